The lowest BCUT2D eigenvalue weighted by atomic mass is 9.92. The Morgan fingerprint density at radius 1 is 1.10 bits per heavy atom. The summed E-state index contributed by atoms with van der Waals surface area (Å²) in [5.41, 5.74) is -0.220. The van der Waals surface area contributed by atoms with Crippen LogP contribution in [0.25, 0.3) is 0 Å². The maximum absolute atomic E-state index is 13.2. The average molecular weight is 399 g/mol. The Morgan fingerprint density at radius 3 is 2.66 bits per heavy atom. The lowest BCUT2D eigenvalue weighted by Gasteiger charge is -2.42. The molecule has 2 aliphatic heterocycles. The van der Waals surface area contributed by atoms with Crippen LogP contribution in [0.15, 0.2) is 47.4 Å². The molecule has 152 valence electrons. The van der Waals surface area contributed by atoms with Gasteiger partial charge in [-0.25, -0.2) is 4.39 Å². The summed E-state index contributed by atoms with van der Waals surface area (Å²) in [6.45, 7) is 1.25. The standard InChI is InChI=1S/C21H22FN3O4/c22-15-4-6-16(7-5-15)25-14-21(29-13-18(25)26)8-2-11-24(12-9-21)20(28)17-3-1-10-23-19(17)27/h1,3-7,10H,2,8-9,11-14H2,(H,23,27). The first-order chi connectivity index (χ1) is 14.0. The fraction of sp³-hybridized carbons (Fsp3) is 0.381. The van der Waals surface area contributed by atoms with E-state index in [1.54, 1.807) is 28.0 Å². The Kier molecular flexibility index (Phi) is 5.19. The number of morpholine rings is 1. The van der Waals surface area contributed by atoms with Crippen LogP contribution in [0.1, 0.15) is 29.6 Å². The third-order valence-corrected chi connectivity index (χ3v) is 5.62. The van der Waals surface area contributed by atoms with Crippen molar-refractivity contribution in [1.82, 2.24) is 9.88 Å². The van der Waals surface area contributed by atoms with E-state index in [1.807, 2.05) is 0 Å². The molecule has 2 fully saturated rings. The van der Waals surface area contributed by atoms with Gasteiger partial charge in [-0.2, -0.15) is 0 Å². The fourth-order valence-electron chi connectivity index (χ4n) is 4.00. The number of aromatic amines is 1. The molecule has 0 radical (unpaired) electrons. The highest BCUT2D eigenvalue weighted by atomic mass is 19.1. The molecule has 1 atom stereocenters. The highest BCUT2D eigenvalue weighted by Crippen LogP contribution is 2.33. The van der Waals surface area contributed by atoms with E-state index in [-0.39, 0.29) is 29.8 Å². The number of carbonyl (C=O) groups excluding carboxylic acids is 2. The van der Waals surface area contributed by atoms with Crippen molar-refractivity contribution in [1.29, 1.82) is 0 Å². The van der Waals surface area contributed by atoms with Crippen LogP contribution in [0.4, 0.5) is 10.1 Å². The number of hydrogen-bond donors (Lipinski definition) is 1. The van der Waals surface area contributed by atoms with Crippen molar-refractivity contribution < 1.29 is 18.7 Å². The van der Waals surface area contributed by atoms with E-state index in [0.29, 0.717) is 44.6 Å². The molecule has 1 spiro atoms. The number of anilines is 1. The molecule has 1 N–H and O–H groups in total. The predicted molar refractivity (Wildman–Crippen MR) is 104 cm³/mol. The van der Waals surface area contributed by atoms with Gasteiger partial charge in [-0.1, -0.05) is 0 Å². The van der Waals surface area contributed by atoms with E-state index in [0.717, 1.165) is 0 Å². The quantitative estimate of drug-likeness (QED) is 0.837. The molecule has 29 heavy (non-hydrogen) atoms. The van der Waals surface area contributed by atoms with Crippen LogP contribution in [-0.4, -0.2) is 53.5 Å². The molecule has 7 nitrogen and oxygen atoms in total. The van der Waals surface area contributed by atoms with Crippen molar-refractivity contribution in [3.8, 4) is 0 Å². The number of amides is 2. The summed E-state index contributed by atoms with van der Waals surface area (Å²) in [5.74, 6) is -0.829. The lowest BCUT2D eigenvalue weighted by Crippen LogP contribution is -2.55. The summed E-state index contributed by atoms with van der Waals surface area (Å²) in [5, 5.41) is 0. The van der Waals surface area contributed by atoms with Gasteiger partial charge in [0.2, 0.25) is 0 Å². The summed E-state index contributed by atoms with van der Waals surface area (Å²) in [6.07, 6.45) is 3.43. The van der Waals surface area contributed by atoms with Crippen LogP contribution >= 0.6 is 0 Å². The van der Waals surface area contributed by atoms with E-state index in [9.17, 15) is 18.8 Å². The molecule has 1 aromatic carbocycles. The zero-order valence-corrected chi connectivity index (χ0v) is 15.9. The molecular formula is C21H22FN3O4. The van der Waals surface area contributed by atoms with Crippen molar-refractivity contribution in [2.75, 3.05) is 31.1 Å². The number of benzene rings is 1. The van der Waals surface area contributed by atoms with Gasteiger partial charge in [0.05, 0.1) is 12.1 Å². The van der Waals surface area contributed by atoms with Gasteiger partial charge >= 0.3 is 0 Å². The molecule has 8 heteroatoms. The van der Waals surface area contributed by atoms with E-state index in [1.165, 1.54) is 24.4 Å². The normalized spacial score (nSPS) is 22.6. The molecule has 4 rings (SSSR count). The van der Waals surface area contributed by atoms with Gasteiger partial charge in [0.15, 0.2) is 0 Å². The topological polar surface area (TPSA) is 82.7 Å². The number of pyridine rings is 1. The smallest absolute Gasteiger partial charge is 0.260 e. The van der Waals surface area contributed by atoms with Crippen LogP contribution in [0.3, 0.4) is 0 Å². The molecule has 3 heterocycles. The van der Waals surface area contributed by atoms with Crippen LogP contribution < -0.4 is 10.5 Å². The molecule has 1 unspecified atom stereocenters. The number of carbonyl (C=O) groups is 2. The Hall–Kier alpha value is -3.00. The van der Waals surface area contributed by atoms with Crippen molar-refractivity contribution in [2.24, 2.45) is 0 Å². The largest absolute Gasteiger partial charge is 0.363 e. The fourth-order valence-corrected chi connectivity index (χ4v) is 4.00. The Balaban J connectivity index is 1.50. The van der Waals surface area contributed by atoms with Gasteiger partial charge in [0.25, 0.3) is 17.4 Å². The number of H-pyrrole nitrogens is 1. The van der Waals surface area contributed by atoms with Crippen LogP contribution in [0, 0.1) is 5.82 Å². The van der Waals surface area contributed by atoms with Gasteiger partial charge in [0.1, 0.15) is 18.0 Å². The maximum Gasteiger partial charge on any atom is 0.260 e. The van der Waals surface area contributed by atoms with Crippen molar-refractivity contribution in [3.05, 3.63) is 64.3 Å². The monoisotopic (exact) mass is 399 g/mol. The number of aromatic nitrogens is 1. The second kappa shape index (κ2) is 7.79. The Bertz CT molecular complexity index is 974. The molecule has 0 bridgehead atoms. The average Bonchev–Trinajstić information content (AvgIpc) is 2.93. The van der Waals surface area contributed by atoms with Crippen molar-refractivity contribution >= 4 is 17.5 Å². The van der Waals surface area contributed by atoms with E-state index < -0.39 is 11.2 Å². The molecule has 2 aromatic rings. The van der Waals surface area contributed by atoms with Gasteiger partial charge < -0.3 is 19.5 Å². The van der Waals surface area contributed by atoms with Gasteiger partial charge in [-0.3, -0.25) is 14.4 Å². The van der Waals surface area contributed by atoms with Gasteiger partial charge in [0, 0.05) is 25.0 Å². The molecule has 0 saturated carbocycles. The second-order valence-corrected chi connectivity index (χ2v) is 7.49. The highest BCUT2D eigenvalue weighted by Gasteiger charge is 2.42. The first-order valence-corrected chi connectivity index (χ1v) is 9.64. The van der Waals surface area contributed by atoms with E-state index >= 15 is 0 Å². The zero-order chi connectivity index (χ0) is 20.4. The number of likely N-dealkylation sites (tertiary alicyclic amines) is 1. The first-order valence-electron chi connectivity index (χ1n) is 9.64. The lowest BCUT2D eigenvalue weighted by molar-refractivity contribution is -0.140. The first kappa shape index (κ1) is 19.3. The molecule has 2 amide bonds. The second-order valence-electron chi connectivity index (χ2n) is 7.49. The third-order valence-electron chi connectivity index (χ3n) is 5.62. The molecule has 2 saturated heterocycles. The van der Waals surface area contributed by atoms with Gasteiger partial charge in [-0.05, 0) is 55.7 Å². The molecular weight excluding hydrogens is 377 g/mol. The van der Waals surface area contributed by atoms with Crippen molar-refractivity contribution in [3.63, 3.8) is 0 Å². The van der Waals surface area contributed by atoms with Crippen LogP contribution in [0.2, 0.25) is 0 Å². The minimum Gasteiger partial charge on any atom is -0.363 e. The summed E-state index contributed by atoms with van der Waals surface area (Å²) >= 11 is 0. The minimum atomic E-state index is -0.569. The summed E-state index contributed by atoms with van der Waals surface area (Å²) in [4.78, 5) is 42.9. The van der Waals surface area contributed by atoms with Gasteiger partial charge in [-0.15, -0.1) is 0 Å². The number of nitrogens with one attached hydrogen (secondary N) is 1. The SMILES string of the molecule is O=C(c1ccc[nH]c1=O)N1CCCC2(CC1)CN(c1ccc(F)cc1)C(=O)CO2. The number of hydrogen-bond acceptors (Lipinski definition) is 4. The molecule has 1 aromatic heterocycles. The van der Waals surface area contributed by atoms with E-state index in [4.69, 9.17) is 4.74 Å². The van der Waals surface area contributed by atoms with Crippen LogP contribution in [0.5, 0.6) is 0 Å². The molecule has 0 aliphatic carbocycles. The number of ether oxygens (including phenoxy) is 1. The number of rotatable bonds is 2. The number of halogens is 1. The molecule has 2 aliphatic rings. The summed E-state index contributed by atoms with van der Waals surface area (Å²) in [6, 6.07) is 8.98. The zero-order valence-electron chi connectivity index (χ0n) is 15.9. The summed E-state index contributed by atoms with van der Waals surface area (Å²) in [7, 11) is 0. The predicted octanol–water partition coefficient (Wildman–Crippen LogP) is 1.94. The van der Waals surface area contributed by atoms with E-state index in [2.05, 4.69) is 4.98 Å². The Labute approximate surface area is 167 Å². The third kappa shape index (κ3) is 3.93. The number of nitrogens with zero attached hydrogens (tertiary/aromatic N) is 2. The minimum absolute atomic E-state index is 0.0519. The highest BCUT2D eigenvalue weighted by molar-refractivity contribution is 5.95. The van der Waals surface area contributed by atoms with Crippen LogP contribution in [-0.2, 0) is 9.53 Å². The maximum atomic E-state index is 13.2. The van der Waals surface area contributed by atoms with Crippen molar-refractivity contribution in [2.45, 2.75) is 24.9 Å². The Morgan fingerprint density at radius 2 is 1.90 bits per heavy atom. The summed E-state index contributed by atoms with van der Waals surface area (Å²) < 4.78 is 19.2.